The molecule has 1 amide bonds. The lowest BCUT2D eigenvalue weighted by molar-refractivity contribution is -0.165. The first-order chi connectivity index (χ1) is 9.44. The largest absolute Gasteiger partial charge is 0.479 e. The number of benzene rings is 1. The van der Waals surface area contributed by atoms with E-state index < -0.39 is 17.7 Å². The van der Waals surface area contributed by atoms with E-state index in [9.17, 15) is 14.7 Å². The second kappa shape index (κ2) is 5.38. The van der Waals surface area contributed by atoms with Crippen LogP contribution in [0, 0.1) is 0 Å². The molecule has 0 spiro atoms. The summed E-state index contributed by atoms with van der Waals surface area (Å²) in [5.41, 5.74) is 5.47. The summed E-state index contributed by atoms with van der Waals surface area (Å²) in [7, 11) is 0. The van der Waals surface area contributed by atoms with Crippen molar-refractivity contribution < 1.29 is 24.5 Å². The fraction of sp³-hybridized carbons (Fsp3) is 0.385. The standard InChI is InChI=1S/C13H16N2O5/c14-10-4-2-1-3-9(10)7-20-13(11(16)17)5-6-15(8-13)12(18)19/h1-4H,5-8,14H2,(H,16,17)(H,18,19). The Labute approximate surface area is 115 Å². The topological polar surface area (TPSA) is 113 Å². The van der Waals surface area contributed by atoms with Crippen LogP contribution in [0.1, 0.15) is 12.0 Å². The van der Waals surface area contributed by atoms with E-state index in [0.717, 1.165) is 4.90 Å². The summed E-state index contributed by atoms with van der Waals surface area (Å²) < 4.78 is 5.51. The van der Waals surface area contributed by atoms with Crippen LogP contribution >= 0.6 is 0 Å². The molecule has 1 atom stereocenters. The summed E-state index contributed by atoms with van der Waals surface area (Å²) in [6, 6.07) is 6.99. The Morgan fingerprint density at radius 2 is 2.05 bits per heavy atom. The maximum Gasteiger partial charge on any atom is 0.407 e. The molecular formula is C13H16N2O5. The first kappa shape index (κ1) is 14.1. The maximum atomic E-state index is 11.4. The van der Waals surface area contributed by atoms with Crippen LogP contribution in [0.25, 0.3) is 0 Å². The van der Waals surface area contributed by atoms with Crippen molar-refractivity contribution >= 4 is 17.7 Å². The van der Waals surface area contributed by atoms with E-state index >= 15 is 0 Å². The molecule has 1 saturated heterocycles. The van der Waals surface area contributed by atoms with Crippen LogP contribution in [-0.2, 0) is 16.1 Å². The Morgan fingerprint density at radius 3 is 2.60 bits per heavy atom. The highest BCUT2D eigenvalue weighted by Gasteiger charge is 2.47. The summed E-state index contributed by atoms with van der Waals surface area (Å²) >= 11 is 0. The van der Waals surface area contributed by atoms with Crippen LogP contribution in [0.15, 0.2) is 24.3 Å². The number of anilines is 1. The molecular weight excluding hydrogens is 264 g/mol. The molecule has 0 aromatic heterocycles. The number of rotatable bonds is 4. The summed E-state index contributed by atoms with van der Waals surface area (Å²) in [4.78, 5) is 23.4. The third-order valence-electron chi connectivity index (χ3n) is 3.45. The number of nitrogens with zero attached hydrogens (tertiary/aromatic N) is 1. The minimum Gasteiger partial charge on any atom is -0.479 e. The van der Waals surface area contributed by atoms with E-state index in [1.54, 1.807) is 24.3 Å². The molecule has 1 heterocycles. The predicted octanol–water partition coefficient (Wildman–Crippen LogP) is 0.993. The van der Waals surface area contributed by atoms with E-state index in [-0.39, 0.29) is 26.1 Å². The van der Waals surface area contributed by atoms with Crippen molar-refractivity contribution in [3.05, 3.63) is 29.8 Å². The minimum absolute atomic E-state index is 0.0342. The van der Waals surface area contributed by atoms with Gasteiger partial charge < -0.3 is 25.6 Å². The highest BCUT2D eigenvalue weighted by atomic mass is 16.5. The number of hydrogen-bond acceptors (Lipinski definition) is 4. The monoisotopic (exact) mass is 280 g/mol. The zero-order valence-corrected chi connectivity index (χ0v) is 10.8. The van der Waals surface area contributed by atoms with Gasteiger partial charge in [-0.2, -0.15) is 0 Å². The molecule has 1 aromatic rings. The number of nitrogens with two attached hydrogens (primary N) is 1. The van der Waals surface area contributed by atoms with Crippen LogP contribution in [-0.4, -0.2) is 45.9 Å². The molecule has 1 aromatic carbocycles. The van der Waals surface area contributed by atoms with Crippen molar-refractivity contribution in [1.82, 2.24) is 4.90 Å². The number of carboxylic acids is 1. The highest BCUT2D eigenvalue weighted by Crippen LogP contribution is 2.28. The van der Waals surface area contributed by atoms with Crippen molar-refractivity contribution in [2.24, 2.45) is 0 Å². The second-order valence-electron chi connectivity index (χ2n) is 4.74. The second-order valence-corrected chi connectivity index (χ2v) is 4.74. The Kier molecular flexibility index (Phi) is 3.80. The predicted molar refractivity (Wildman–Crippen MR) is 70.2 cm³/mol. The third-order valence-corrected chi connectivity index (χ3v) is 3.45. The molecule has 0 radical (unpaired) electrons. The molecule has 4 N–H and O–H groups in total. The van der Waals surface area contributed by atoms with Gasteiger partial charge in [-0.1, -0.05) is 18.2 Å². The van der Waals surface area contributed by atoms with Crippen LogP contribution in [0.3, 0.4) is 0 Å². The minimum atomic E-state index is -1.50. The maximum absolute atomic E-state index is 11.4. The summed E-state index contributed by atoms with van der Waals surface area (Å²) in [6.45, 7) is 0.00272. The molecule has 0 saturated carbocycles. The summed E-state index contributed by atoms with van der Waals surface area (Å²) in [5.74, 6) is -1.16. The number of aliphatic carboxylic acids is 1. The number of amides is 1. The first-order valence-corrected chi connectivity index (χ1v) is 6.13. The summed E-state index contributed by atoms with van der Waals surface area (Å²) in [6.07, 6.45) is -1.02. The van der Waals surface area contributed by atoms with Gasteiger partial charge in [0.15, 0.2) is 5.60 Å². The first-order valence-electron chi connectivity index (χ1n) is 6.13. The van der Waals surface area contributed by atoms with Crippen LogP contribution in [0.4, 0.5) is 10.5 Å². The molecule has 2 rings (SSSR count). The Bertz CT molecular complexity index is 533. The van der Waals surface area contributed by atoms with Crippen LogP contribution < -0.4 is 5.73 Å². The Balaban J connectivity index is 2.10. The fourth-order valence-electron chi connectivity index (χ4n) is 2.18. The Hall–Kier alpha value is -2.28. The molecule has 7 heteroatoms. The van der Waals surface area contributed by atoms with Gasteiger partial charge in [0.2, 0.25) is 0 Å². The van der Waals surface area contributed by atoms with Gasteiger partial charge in [0.05, 0.1) is 13.2 Å². The molecule has 108 valence electrons. The number of hydrogen-bond donors (Lipinski definition) is 3. The van der Waals surface area contributed by atoms with E-state index in [0.29, 0.717) is 11.3 Å². The van der Waals surface area contributed by atoms with Crippen molar-refractivity contribution in [1.29, 1.82) is 0 Å². The molecule has 0 bridgehead atoms. The van der Waals surface area contributed by atoms with Gasteiger partial charge in [-0.3, -0.25) is 0 Å². The number of carbonyl (C=O) groups is 2. The fourth-order valence-corrected chi connectivity index (χ4v) is 2.18. The quantitative estimate of drug-likeness (QED) is 0.709. The molecule has 7 nitrogen and oxygen atoms in total. The zero-order valence-electron chi connectivity index (χ0n) is 10.8. The SMILES string of the molecule is Nc1ccccc1COC1(C(=O)O)CCN(C(=O)O)C1. The van der Waals surface area contributed by atoms with Crippen molar-refractivity contribution in [3.63, 3.8) is 0 Å². The van der Waals surface area contributed by atoms with Crippen LogP contribution in [0.2, 0.25) is 0 Å². The van der Waals surface area contributed by atoms with Gasteiger partial charge in [-0.05, 0) is 6.07 Å². The average Bonchev–Trinajstić information content (AvgIpc) is 2.84. The van der Waals surface area contributed by atoms with Crippen LogP contribution in [0.5, 0.6) is 0 Å². The number of nitrogen functional groups attached to an aromatic ring is 1. The van der Waals surface area contributed by atoms with Crippen molar-refractivity contribution in [3.8, 4) is 0 Å². The Morgan fingerprint density at radius 1 is 1.35 bits per heavy atom. The lowest BCUT2D eigenvalue weighted by atomic mass is 10.0. The van der Waals surface area contributed by atoms with E-state index in [1.165, 1.54) is 0 Å². The lowest BCUT2D eigenvalue weighted by Crippen LogP contribution is -2.45. The molecule has 20 heavy (non-hydrogen) atoms. The van der Waals surface area contributed by atoms with Gasteiger partial charge in [-0.15, -0.1) is 0 Å². The van der Waals surface area contributed by atoms with E-state index in [1.807, 2.05) is 0 Å². The van der Waals surface area contributed by atoms with Crippen molar-refractivity contribution in [2.45, 2.75) is 18.6 Å². The molecule has 0 aliphatic carbocycles. The average molecular weight is 280 g/mol. The van der Waals surface area contributed by atoms with E-state index in [4.69, 9.17) is 15.6 Å². The molecule has 1 aliphatic heterocycles. The number of carboxylic acid groups (broad SMARTS) is 2. The van der Waals surface area contributed by atoms with Crippen molar-refractivity contribution in [2.75, 3.05) is 18.8 Å². The smallest absolute Gasteiger partial charge is 0.407 e. The van der Waals surface area contributed by atoms with Gasteiger partial charge in [0.25, 0.3) is 0 Å². The lowest BCUT2D eigenvalue weighted by Gasteiger charge is -2.24. The zero-order chi connectivity index (χ0) is 14.8. The van der Waals surface area contributed by atoms with Gasteiger partial charge in [0.1, 0.15) is 0 Å². The normalized spacial score (nSPS) is 21.9. The molecule has 1 aliphatic rings. The molecule has 1 fully saturated rings. The molecule has 1 unspecified atom stereocenters. The van der Waals surface area contributed by atoms with E-state index in [2.05, 4.69) is 0 Å². The highest BCUT2D eigenvalue weighted by molar-refractivity contribution is 5.80. The van der Waals surface area contributed by atoms with Gasteiger partial charge in [0, 0.05) is 24.2 Å². The van der Waals surface area contributed by atoms with Gasteiger partial charge >= 0.3 is 12.1 Å². The summed E-state index contributed by atoms with van der Waals surface area (Å²) in [5, 5.41) is 18.2. The number of para-hydroxylation sites is 1. The van der Waals surface area contributed by atoms with Gasteiger partial charge in [-0.25, -0.2) is 9.59 Å². The number of likely N-dealkylation sites (tertiary alicyclic amines) is 1. The third kappa shape index (κ3) is 2.67. The number of ether oxygens (including phenoxy) is 1.